The number of benzene rings is 2. The standard InChI is InChI=1S/C19H17NO3S2/c1-12-4-5-13(10-16(12)23-3)11-17-18(21)20(19(24)25-17)14-6-8-15(22-2)9-7-14/h4-11H,1-3H3/b17-11-. The SMILES string of the molecule is COc1ccc(N2C(=O)/C(=C/c3ccc(C)c(OC)c3)SC2=S)cc1. The smallest absolute Gasteiger partial charge is 0.270 e. The Morgan fingerprint density at radius 1 is 1.08 bits per heavy atom. The van der Waals surface area contributed by atoms with Crippen molar-refractivity contribution in [3.05, 3.63) is 58.5 Å². The number of carbonyl (C=O) groups excluding carboxylic acids is 1. The minimum Gasteiger partial charge on any atom is -0.497 e. The van der Waals surface area contributed by atoms with Gasteiger partial charge in [0.05, 0.1) is 24.8 Å². The second-order valence-corrected chi connectivity index (χ2v) is 7.12. The molecule has 1 aliphatic rings. The van der Waals surface area contributed by atoms with Gasteiger partial charge >= 0.3 is 0 Å². The zero-order valence-electron chi connectivity index (χ0n) is 14.1. The summed E-state index contributed by atoms with van der Waals surface area (Å²) in [5.74, 6) is 1.40. The monoisotopic (exact) mass is 371 g/mol. The summed E-state index contributed by atoms with van der Waals surface area (Å²) in [5, 5.41) is 0. The fourth-order valence-electron chi connectivity index (χ4n) is 2.50. The molecule has 4 nitrogen and oxygen atoms in total. The van der Waals surface area contributed by atoms with E-state index in [-0.39, 0.29) is 5.91 Å². The number of thiocarbonyl (C=S) groups is 1. The molecule has 0 aromatic heterocycles. The van der Waals surface area contributed by atoms with E-state index in [1.165, 1.54) is 16.7 Å². The maximum absolute atomic E-state index is 12.8. The molecular formula is C19H17NO3S2. The number of ether oxygens (including phenoxy) is 2. The Hall–Kier alpha value is -2.31. The first-order chi connectivity index (χ1) is 12.0. The lowest BCUT2D eigenvalue weighted by Crippen LogP contribution is -2.27. The Morgan fingerprint density at radius 2 is 1.80 bits per heavy atom. The molecule has 0 saturated carbocycles. The average molecular weight is 371 g/mol. The van der Waals surface area contributed by atoms with Gasteiger partial charge in [0.15, 0.2) is 4.32 Å². The molecule has 2 aromatic rings. The number of thioether (sulfide) groups is 1. The molecule has 0 bridgehead atoms. The molecule has 3 rings (SSSR count). The van der Waals surface area contributed by atoms with Gasteiger partial charge in [0.25, 0.3) is 5.91 Å². The minimum atomic E-state index is -0.125. The highest BCUT2D eigenvalue weighted by molar-refractivity contribution is 8.27. The van der Waals surface area contributed by atoms with Crippen LogP contribution in [0.4, 0.5) is 5.69 Å². The van der Waals surface area contributed by atoms with Crippen LogP contribution in [-0.4, -0.2) is 24.4 Å². The third-order valence-electron chi connectivity index (χ3n) is 3.85. The zero-order valence-corrected chi connectivity index (χ0v) is 15.7. The Labute approximate surface area is 156 Å². The van der Waals surface area contributed by atoms with E-state index in [0.29, 0.717) is 9.23 Å². The number of methoxy groups -OCH3 is 2. The van der Waals surface area contributed by atoms with Crippen LogP contribution in [0.5, 0.6) is 11.5 Å². The number of carbonyl (C=O) groups is 1. The first kappa shape index (κ1) is 17.5. The van der Waals surface area contributed by atoms with Crippen molar-refractivity contribution in [2.24, 2.45) is 0 Å². The predicted molar refractivity (Wildman–Crippen MR) is 106 cm³/mol. The van der Waals surface area contributed by atoms with Crippen molar-refractivity contribution in [2.45, 2.75) is 6.92 Å². The van der Waals surface area contributed by atoms with E-state index in [1.54, 1.807) is 14.2 Å². The van der Waals surface area contributed by atoms with E-state index in [1.807, 2.05) is 55.5 Å². The highest BCUT2D eigenvalue weighted by Gasteiger charge is 2.33. The van der Waals surface area contributed by atoms with Crippen molar-refractivity contribution in [1.82, 2.24) is 0 Å². The van der Waals surface area contributed by atoms with Crippen molar-refractivity contribution in [1.29, 1.82) is 0 Å². The van der Waals surface area contributed by atoms with Gasteiger partial charge in [-0.1, -0.05) is 36.1 Å². The number of hydrogen-bond acceptors (Lipinski definition) is 5. The summed E-state index contributed by atoms with van der Waals surface area (Å²) in [6.07, 6.45) is 1.84. The van der Waals surface area contributed by atoms with Crippen LogP contribution in [0, 0.1) is 6.92 Å². The van der Waals surface area contributed by atoms with Gasteiger partial charge in [-0.25, -0.2) is 0 Å². The second-order valence-electron chi connectivity index (χ2n) is 5.44. The molecule has 0 radical (unpaired) electrons. The fraction of sp³-hybridized carbons (Fsp3) is 0.158. The van der Waals surface area contributed by atoms with E-state index in [0.717, 1.165) is 28.3 Å². The summed E-state index contributed by atoms with van der Waals surface area (Å²) in [6.45, 7) is 1.98. The summed E-state index contributed by atoms with van der Waals surface area (Å²) >= 11 is 6.69. The van der Waals surface area contributed by atoms with Gasteiger partial charge in [-0.3, -0.25) is 9.69 Å². The van der Waals surface area contributed by atoms with Gasteiger partial charge in [-0.05, 0) is 54.5 Å². The van der Waals surface area contributed by atoms with Crippen LogP contribution in [0.15, 0.2) is 47.4 Å². The molecule has 0 aliphatic carbocycles. The highest BCUT2D eigenvalue weighted by atomic mass is 32.2. The van der Waals surface area contributed by atoms with Gasteiger partial charge in [0.1, 0.15) is 11.5 Å². The van der Waals surface area contributed by atoms with Crippen LogP contribution in [0.25, 0.3) is 6.08 Å². The van der Waals surface area contributed by atoms with Crippen LogP contribution in [-0.2, 0) is 4.79 Å². The van der Waals surface area contributed by atoms with Crippen LogP contribution in [0.1, 0.15) is 11.1 Å². The van der Waals surface area contributed by atoms with Crippen LogP contribution >= 0.6 is 24.0 Å². The lowest BCUT2D eigenvalue weighted by molar-refractivity contribution is -0.113. The van der Waals surface area contributed by atoms with Crippen molar-refractivity contribution in [3.63, 3.8) is 0 Å². The molecule has 1 saturated heterocycles. The molecule has 6 heteroatoms. The third-order valence-corrected chi connectivity index (χ3v) is 5.16. The van der Waals surface area contributed by atoms with Crippen LogP contribution in [0.3, 0.4) is 0 Å². The first-order valence-electron chi connectivity index (χ1n) is 7.60. The van der Waals surface area contributed by atoms with E-state index < -0.39 is 0 Å². The topological polar surface area (TPSA) is 38.8 Å². The van der Waals surface area contributed by atoms with Gasteiger partial charge in [-0.2, -0.15) is 0 Å². The van der Waals surface area contributed by atoms with Crippen molar-refractivity contribution < 1.29 is 14.3 Å². The fourth-order valence-corrected chi connectivity index (χ4v) is 3.80. The minimum absolute atomic E-state index is 0.125. The van der Waals surface area contributed by atoms with Gasteiger partial charge < -0.3 is 9.47 Å². The molecule has 25 heavy (non-hydrogen) atoms. The number of rotatable bonds is 4. The average Bonchev–Trinajstić information content (AvgIpc) is 2.90. The summed E-state index contributed by atoms with van der Waals surface area (Å²) in [6, 6.07) is 13.1. The van der Waals surface area contributed by atoms with Crippen molar-refractivity contribution >= 4 is 46.0 Å². The van der Waals surface area contributed by atoms with Gasteiger partial charge in [0, 0.05) is 0 Å². The van der Waals surface area contributed by atoms with E-state index in [9.17, 15) is 4.79 Å². The quantitative estimate of drug-likeness (QED) is 0.588. The van der Waals surface area contributed by atoms with Gasteiger partial charge in [0.2, 0.25) is 0 Å². The molecule has 2 aromatic carbocycles. The molecule has 1 fully saturated rings. The number of nitrogens with zero attached hydrogens (tertiary/aromatic N) is 1. The molecule has 1 amide bonds. The molecular weight excluding hydrogens is 354 g/mol. The Bertz CT molecular complexity index is 859. The Balaban J connectivity index is 1.90. The van der Waals surface area contributed by atoms with Gasteiger partial charge in [-0.15, -0.1) is 0 Å². The molecule has 0 N–H and O–H groups in total. The predicted octanol–water partition coefficient (Wildman–Crippen LogP) is 4.42. The Kier molecular flexibility index (Phi) is 5.11. The zero-order chi connectivity index (χ0) is 18.0. The summed E-state index contributed by atoms with van der Waals surface area (Å²) in [4.78, 5) is 14.9. The summed E-state index contributed by atoms with van der Waals surface area (Å²) in [5.41, 5.74) is 2.68. The summed E-state index contributed by atoms with van der Waals surface area (Å²) < 4.78 is 11.0. The summed E-state index contributed by atoms with van der Waals surface area (Å²) in [7, 11) is 3.24. The van der Waals surface area contributed by atoms with Crippen LogP contribution < -0.4 is 14.4 Å². The molecule has 1 heterocycles. The largest absolute Gasteiger partial charge is 0.497 e. The van der Waals surface area contributed by atoms with Crippen LogP contribution in [0.2, 0.25) is 0 Å². The molecule has 128 valence electrons. The van der Waals surface area contributed by atoms with E-state index >= 15 is 0 Å². The van der Waals surface area contributed by atoms with E-state index in [4.69, 9.17) is 21.7 Å². The lowest BCUT2D eigenvalue weighted by Gasteiger charge is -2.14. The molecule has 0 unspecified atom stereocenters. The van der Waals surface area contributed by atoms with E-state index in [2.05, 4.69) is 0 Å². The third kappa shape index (κ3) is 3.55. The molecule has 1 aliphatic heterocycles. The second kappa shape index (κ2) is 7.29. The molecule has 0 spiro atoms. The normalized spacial score (nSPS) is 15.8. The maximum atomic E-state index is 12.8. The number of hydrogen-bond donors (Lipinski definition) is 0. The Morgan fingerprint density at radius 3 is 2.44 bits per heavy atom. The van der Waals surface area contributed by atoms with Crippen molar-refractivity contribution in [2.75, 3.05) is 19.1 Å². The number of aryl methyl sites for hydroxylation is 1. The number of anilines is 1. The van der Waals surface area contributed by atoms with Crippen molar-refractivity contribution in [3.8, 4) is 11.5 Å². The number of amides is 1. The molecule has 0 atom stereocenters. The maximum Gasteiger partial charge on any atom is 0.270 e. The first-order valence-corrected chi connectivity index (χ1v) is 8.82. The lowest BCUT2D eigenvalue weighted by atomic mass is 10.1. The highest BCUT2D eigenvalue weighted by Crippen LogP contribution is 2.36.